The van der Waals surface area contributed by atoms with Gasteiger partial charge in [0, 0.05) is 29.4 Å². The Balaban J connectivity index is 2.13. The van der Waals surface area contributed by atoms with Gasteiger partial charge in [0.1, 0.15) is 0 Å². The van der Waals surface area contributed by atoms with Crippen LogP contribution in [0.15, 0.2) is 12.4 Å². The summed E-state index contributed by atoms with van der Waals surface area (Å²) in [5.41, 5.74) is -0.470. The Morgan fingerprint density at radius 1 is 1.43 bits per heavy atom. The summed E-state index contributed by atoms with van der Waals surface area (Å²) in [6.45, 7) is 7.98. The number of esters is 1. The van der Waals surface area contributed by atoms with E-state index in [4.69, 9.17) is 4.74 Å². The summed E-state index contributed by atoms with van der Waals surface area (Å²) in [5.74, 6) is -0.193. The molecule has 1 aliphatic rings. The Morgan fingerprint density at radius 2 is 2.09 bits per heavy atom. The number of ether oxygens (including phenoxy) is 1. The molecule has 1 aromatic heterocycles. The van der Waals surface area contributed by atoms with Gasteiger partial charge in [-0.2, -0.15) is 0 Å². The molecule has 1 saturated heterocycles. The van der Waals surface area contributed by atoms with E-state index in [0.29, 0.717) is 12.2 Å². The van der Waals surface area contributed by atoms with Gasteiger partial charge in [-0.25, -0.2) is 14.8 Å². The number of nitrogens with one attached hydrogen (secondary N) is 2. The molecule has 0 bridgehead atoms. The van der Waals surface area contributed by atoms with Crippen molar-refractivity contribution in [1.82, 2.24) is 15.3 Å². The minimum absolute atomic E-state index is 0.0669. The van der Waals surface area contributed by atoms with Crippen molar-refractivity contribution >= 4 is 17.7 Å². The number of hydrogen-bond acceptors (Lipinski definition) is 6. The molecule has 1 aliphatic heterocycles. The Hall–Kier alpha value is -2.18. The van der Waals surface area contributed by atoms with Crippen LogP contribution in [0.3, 0.4) is 0 Å². The molecule has 1 aromatic rings. The van der Waals surface area contributed by atoms with Crippen molar-refractivity contribution in [2.45, 2.75) is 51.6 Å². The lowest BCUT2D eigenvalue weighted by Gasteiger charge is -2.29. The van der Waals surface area contributed by atoms with Gasteiger partial charge < -0.3 is 15.4 Å². The average Bonchev–Trinajstić information content (AvgIpc) is 2.69. The molecule has 2 N–H and O–H groups in total. The van der Waals surface area contributed by atoms with Crippen LogP contribution in [-0.4, -0.2) is 40.0 Å². The highest BCUT2D eigenvalue weighted by Gasteiger charge is 2.40. The van der Waals surface area contributed by atoms with E-state index in [1.165, 1.54) is 19.5 Å². The van der Waals surface area contributed by atoms with Crippen molar-refractivity contribution in [2.75, 3.05) is 12.4 Å². The summed E-state index contributed by atoms with van der Waals surface area (Å²) in [7, 11) is 1.30. The zero-order chi connectivity index (χ0) is 17.3. The zero-order valence-corrected chi connectivity index (χ0v) is 14.3. The molecule has 0 aliphatic carbocycles. The number of nitrogens with zero attached hydrogens (tertiary/aromatic N) is 2. The highest BCUT2D eigenvalue weighted by atomic mass is 16.5. The molecule has 7 heteroatoms. The van der Waals surface area contributed by atoms with Crippen molar-refractivity contribution in [2.24, 2.45) is 5.92 Å². The SMILES string of the molecule is COC(=O)c1nccnc1NC(C)(C)CC1CC(C)(C)NC1=O. The molecule has 0 aromatic carbocycles. The van der Waals surface area contributed by atoms with Crippen LogP contribution in [-0.2, 0) is 9.53 Å². The van der Waals surface area contributed by atoms with E-state index in [1.54, 1.807) is 0 Å². The quantitative estimate of drug-likeness (QED) is 0.803. The molecule has 0 saturated carbocycles. The van der Waals surface area contributed by atoms with Crippen LogP contribution in [0.1, 0.15) is 51.0 Å². The van der Waals surface area contributed by atoms with E-state index in [-0.39, 0.29) is 23.1 Å². The number of methoxy groups -OCH3 is 1. The number of carbonyl (C=O) groups is 2. The Morgan fingerprint density at radius 3 is 2.65 bits per heavy atom. The molecular weight excluding hydrogens is 296 g/mol. The average molecular weight is 320 g/mol. The third-order valence-corrected chi connectivity index (χ3v) is 3.88. The minimum Gasteiger partial charge on any atom is -0.464 e. The third-order valence-electron chi connectivity index (χ3n) is 3.88. The maximum absolute atomic E-state index is 12.1. The van der Waals surface area contributed by atoms with Gasteiger partial charge in [0.25, 0.3) is 0 Å². The first-order valence-corrected chi connectivity index (χ1v) is 7.63. The number of rotatable bonds is 5. The first-order valence-electron chi connectivity index (χ1n) is 7.63. The molecule has 2 heterocycles. The minimum atomic E-state index is -0.545. The second-order valence-electron chi connectivity index (χ2n) is 7.23. The van der Waals surface area contributed by atoms with Crippen LogP contribution in [0.2, 0.25) is 0 Å². The van der Waals surface area contributed by atoms with Crippen LogP contribution in [0, 0.1) is 5.92 Å². The molecule has 1 unspecified atom stereocenters. The highest BCUT2D eigenvalue weighted by molar-refractivity contribution is 5.92. The molecule has 0 spiro atoms. The van der Waals surface area contributed by atoms with Crippen LogP contribution in [0.4, 0.5) is 5.82 Å². The largest absolute Gasteiger partial charge is 0.464 e. The van der Waals surface area contributed by atoms with Crippen molar-refractivity contribution in [1.29, 1.82) is 0 Å². The van der Waals surface area contributed by atoms with Crippen molar-refractivity contribution < 1.29 is 14.3 Å². The predicted molar refractivity (Wildman–Crippen MR) is 86.0 cm³/mol. The summed E-state index contributed by atoms with van der Waals surface area (Å²) >= 11 is 0. The van der Waals surface area contributed by atoms with Crippen LogP contribution < -0.4 is 10.6 Å². The molecule has 1 fully saturated rings. The maximum atomic E-state index is 12.1. The van der Waals surface area contributed by atoms with Gasteiger partial charge in [0.2, 0.25) is 5.91 Å². The van der Waals surface area contributed by atoms with E-state index in [2.05, 4.69) is 20.6 Å². The van der Waals surface area contributed by atoms with E-state index in [9.17, 15) is 9.59 Å². The molecule has 126 valence electrons. The van der Waals surface area contributed by atoms with Gasteiger partial charge >= 0.3 is 5.97 Å². The number of aromatic nitrogens is 2. The first-order chi connectivity index (χ1) is 10.6. The van der Waals surface area contributed by atoms with Gasteiger partial charge in [-0.1, -0.05) is 0 Å². The van der Waals surface area contributed by atoms with E-state index >= 15 is 0 Å². The Labute approximate surface area is 136 Å². The van der Waals surface area contributed by atoms with E-state index in [1.807, 2.05) is 27.7 Å². The van der Waals surface area contributed by atoms with Gasteiger partial charge in [-0.05, 0) is 40.5 Å². The summed E-state index contributed by atoms with van der Waals surface area (Å²) in [5, 5.41) is 6.22. The molecule has 0 radical (unpaired) electrons. The van der Waals surface area contributed by atoms with Gasteiger partial charge in [-0.3, -0.25) is 4.79 Å². The normalized spacial score (nSPS) is 20.0. The van der Waals surface area contributed by atoms with Gasteiger partial charge in [0.05, 0.1) is 7.11 Å². The number of carbonyl (C=O) groups excluding carboxylic acids is 2. The fourth-order valence-corrected chi connectivity index (χ4v) is 3.02. The molecular formula is C16H24N4O3. The molecule has 1 amide bonds. The number of anilines is 1. The lowest BCUT2D eigenvalue weighted by Crippen LogP contribution is -2.37. The van der Waals surface area contributed by atoms with Crippen LogP contribution in [0.25, 0.3) is 0 Å². The monoisotopic (exact) mass is 320 g/mol. The number of amides is 1. The molecule has 23 heavy (non-hydrogen) atoms. The lowest BCUT2D eigenvalue weighted by atomic mass is 9.86. The lowest BCUT2D eigenvalue weighted by molar-refractivity contribution is -0.123. The highest BCUT2D eigenvalue weighted by Crippen LogP contribution is 2.32. The second kappa shape index (κ2) is 6.14. The van der Waals surface area contributed by atoms with Crippen LogP contribution >= 0.6 is 0 Å². The van der Waals surface area contributed by atoms with Gasteiger partial charge in [0.15, 0.2) is 11.5 Å². The second-order valence-corrected chi connectivity index (χ2v) is 7.23. The molecule has 2 rings (SSSR count). The topological polar surface area (TPSA) is 93.2 Å². The molecule has 1 atom stereocenters. The predicted octanol–water partition coefficient (Wildman–Crippen LogP) is 1.76. The van der Waals surface area contributed by atoms with Crippen molar-refractivity contribution in [3.8, 4) is 0 Å². The first kappa shape index (κ1) is 17.2. The smallest absolute Gasteiger partial charge is 0.360 e. The number of hydrogen-bond donors (Lipinski definition) is 2. The van der Waals surface area contributed by atoms with E-state index in [0.717, 1.165) is 6.42 Å². The fraction of sp³-hybridized carbons (Fsp3) is 0.625. The summed E-state index contributed by atoms with van der Waals surface area (Å²) in [6.07, 6.45) is 4.36. The third kappa shape index (κ3) is 4.18. The van der Waals surface area contributed by atoms with E-state index < -0.39 is 11.5 Å². The summed E-state index contributed by atoms with van der Waals surface area (Å²) in [6, 6.07) is 0. The zero-order valence-electron chi connectivity index (χ0n) is 14.3. The molecule has 7 nitrogen and oxygen atoms in total. The van der Waals surface area contributed by atoms with Crippen molar-refractivity contribution in [3.05, 3.63) is 18.1 Å². The fourth-order valence-electron chi connectivity index (χ4n) is 3.02. The van der Waals surface area contributed by atoms with Crippen LogP contribution in [0.5, 0.6) is 0 Å². The summed E-state index contributed by atoms with van der Waals surface area (Å²) < 4.78 is 4.72. The Bertz CT molecular complexity index is 613. The van der Waals surface area contributed by atoms with Gasteiger partial charge in [-0.15, -0.1) is 0 Å². The standard InChI is InChI=1S/C16H24N4O3/c1-15(2,8-10-9-16(3,4)20-13(10)21)19-12-11(14(22)23-5)17-6-7-18-12/h6-7,10H,8-9H2,1-5H3,(H,18,19)(H,20,21). The maximum Gasteiger partial charge on any atom is 0.360 e. The summed E-state index contributed by atoms with van der Waals surface area (Å²) in [4.78, 5) is 32.1. The Kier molecular flexibility index (Phi) is 4.58. The van der Waals surface area contributed by atoms with Crippen molar-refractivity contribution in [3.63, 3.8) is 0 Å².